The van der Waals surface area contributed by atoms with Gasteiger partial charge in [-0.25, -0.2) is 9.97 Å². The van der Waals surface area contributed by atoms with Crippen molar-refractivity contribution in [1.29, 1.82) is 0 Å². The van der Waals surface area contributed by atoms with Gasteiger partial charge in [-0.05, 0) is 42.9 Å². The first-order valence-corrected chi connectivity index (χ1v) is 13.3. The van der Waals surface area contributed by atoms with Crippen LogP contribution in [0.4, 0.5) is 5.00 Å². The van der Waals surface area contributed by atoms with Crippen LogP contribution >= 0.6 is 11.3 Å². The van der Waals surface area contributed by atoms with Gasteiger partial charge in [0.2, 0.25) is 0 Å². The number of fused-ring (bicyclic) bond motifs is 2. The van der Waals surface area contributed by atoms with Crippen molar-refractivity contribution in [3.8, 4) is 10.4 Å². The maximum absolute atomic E-state index is 12.8. The van der Waals surface area contributed by atoms with Crippen molar-refractivity contribution in [2.24, 2.45) is 11.8 Å². The zero-order valence-electron chi connectivity index (χ0n) is 19.5. The third-order valence-electron chi connectivity index (χ3n) is 7.87. The van der Waals surface area contributed by atoms with Crippen LogP contribution in [0.25, 0.3) is 32.4 Å². The van der Waals surface area contributed by atoms with Crippen molar-refractivity contribution in [3.63, 3.8) is 0 Å². The summed E-state index contributed by atoms with van der Waals surface area (Å²) in [5.74, 6) is 1.07. The highest BCUT2D eigenvalue weighted by Gasteiger charge is 2.28. The van der Waals surface area contributed by atoms with Crippen LogP contribution < -0.4 is 10.5 Å². The number of aliphatic hydroxyl groups is 1. The van der Waals surface area contributed by atoms with Crippen molar-refractivity contribution in [1.82, 2.24) is 19.5 Å². The normalized spacial score (nSPS) is 23.4. The highest BCUT2D eigenvalue weighted by molar-refractivity contribution is 7.21. The second kappa shape index (κ2) is 8.82. The zero-order valence-corrected chi connectivity index (χ0v) is 20.4. The largest absolute Gasteiger partial charge is 0.396 e. The Kier molecular flexibility index (Phi) is 5.65. The Morgan fingerprint density at radius 1 is 1.21 bits per heavy atom. The van der Waals surface area contributed by atoms with E-state index in [0.717, 1.165) is 51.9 Å². The van der Waals surface area contributed by atoms with Crippen LogP contribution in [0.15, 0.2) is 35.6 Å². The van der Waals surface area contributed by atoms with Crippen molar-refractivity contribution < 1.29 is 5.11 Å². The van der Waals surface area contributed by atoms with Crippen LogP contribution in [0.5, 0.6) is 0 Å². The smallest absolute Gasteiger partial charge is 0.261 e. The Hall–Kier alpha value is -2.71. The Morgan fingerprint density at radius 3 is 2.94 bits per heavy atom. The highest BCUT2D eigenvalue weighted by Crippen LogP contribution is 2.44. The lowest BCUT2D eigenvalue weighted by atomic mass is 9.84. The molecule has 3 aromatic heterocycles. The average molecular weight is 478 g/mol. The molecule has 34 heavy (non-hydrogen) atoms. The number of aromatic nitrogens is 4. The lowest BCUT2D eigenvalue weighted by molar-refractivity contribution is 0.239. The number of benzene rings is 1. The van der Waals surface area contributed by atoms with E-state index in [1.807, 2.05) is 6.33 Å². The number of anilines is 1. The van der Waals surface area contributed by atoms with Crippen LogP contribution in [-0.4, -0.2) is 44.3 Å². The number of nitrogens with one attached hydrogen (secondary N) is 1. The summed E-state index contributed by atoms with van der Waals surface area (Å²) >= 11 is 1.62. The Morgan fingerprint density at radius 2 is 2.12 bits per heavy atom. The lowest BCUT2D eigenvalue weighted by Crippen LogP contribution is -2.21. The van der Waals surface area contributed by atoms with Gasteiger partial charge in [-0.1, -0.05) is 32.3 Å². The van der Waals surface area contributed by atoms with E-state index in [4.69, 9.17) is 4.98 Å². The van der Waals surface area contributed by atoms with Crippen molar-refractivity contribution >= 4 is 38.3 Å². The van der Waals surface area contributed by atoms with Gasteiger partial charge in [0.25, 0.3) is 5.56 Å². The molecule has 1 saturated heterocycles. The van der Waals surface area contributed by atoms with E-state index in [9.17, 15) is 9.90 Å². The Labute approximate surface area is 202 Å². The second-order valence-corrected chi connectivity index (χ2v) is 10.9. The molecule has 0 bridgehead atoms. The first-order valence-electron chi connectivity index (χ1n) is 12.5. The van der Waals surface area contributed by atoms with Crippen LogP contribution in [0, 0.1) is 11.8 Å². The van der Waals surface area contributed by atoms with Gasteiger partial charge >= 0.3 is 0 Å². The van der Waals surface area contributed by atoms with Crippen molar-refractivity contribution in [3.05, 3.63) is 41.2 Å². The summed E-state index contributed by atoms with van der Waals surface area (Å²) in [5.41, 5.74) is 3.86. The minimum absolute atomic E-state index is 0.108. The molecule has 1 aliphatic heterocycles. The molecule has 0 spiro atoms. The third-order valence-corrected chi connectivity index (χ3v) is 9.16. The summed E-state index contributed by atoms with van der Waals surface area (Å²) in [6.07, 6.45) is 10.8. The Bertz CT molecular complexity index is 1390. The first-order chi connectivity index (χ1) is 16.7. The molecule has 7 nitrogen and oxygen atoms in total. The summed E-state index contributed by atoms with van der Waals surface area (Å²) in [6.45, 7) is 4.10. The molecule has 8 heteroatoms. The van der Waals surface area contributed by atoms with Gasteiger partial charge in [-0.3, -0.25) is 4.79 Å². The van der Waals surface area contributed by atoms with Gasteiger partial charge in [0.1, 0.15) is 10.4 Å². The van der Waals surface area contributed by atoms with Crippen molar-refractivity contribution in [2.75, 3.05) is 24.6 Å². The maximum Gasteiger partial charge on any atom is 0.261 e. The molecule has 2 aliphatic rings. The van der Waals surface area contributed by atoms with Gasteiger partial charge in [0.05, 0.1) is 34.1 Å². The molecular formula is C26H31N5O2S. The van der Waals surface area contributed by atoms with Crippen LogP contribution in [0.1, 0.15) is 51.5 Å². The summed E-state index contributed by atoms with van der Waals surface area (Å²) in [7, 11) is 0. The maximum atomic E-state index is 12.8. The van der Waals surface area contributed by atoms with Gasteiger partial charge in [-0.2, -0.15) is 0 Å². The number of hydrogen-bond donors (Lipinski definition) is 2. The van der Waals surface area contributed by atoms with Gasteiger partial charge < -0.3 is 19.6 Å². The SMILES string of the molecule is CCC1CCCC(n2cnc3cc(-c4sc(N5CCC(CO)C5)c5c(=O)[nH]cnc45)ccc32)C1. The predicted octanol–water partition coefficient (Wildman–Crippen LogP) is 4.96. The van der Waals surface area contributed by atoms with Gasteiger partial charge in [-0.15, -0.1) is 11.3 Å². The van der Waals surface area contributed by atoms with E-state index in [1.165, 1.54) is 43.9 Å². The van der Waals surface area contributed by atoms with Crippen molar-refractivity contribution in [2.45, 2.75) is 51.5 Å². The summed E-state index contributed by atoms with van der Waals surface area (Å²) in [5, 5.41) is 11.2. The number of hydrogen-bond acceptors (Lipinski definition) is 6. The molecule has 1 aromatic carbocycles. The number of thiophene rings is 1. The molecule has 2 N–H and O–H groups in total. The molecule has 178 valence electrons. The van der Waals surface area contributed by atoms with E-state index in [2.05, 4.69) is 44.6 Å². The first kappa shape index (κ1) is 21.8. The molecule has 6 rings (SSSR count). The topological polar surface area (TPSA) is 87.0 Å². The summed E-state index contributed by atoms with van der Waals surface area (Å²) in [4.78, 5) is 28.2. The fraction of sp³-hybridized carbons (Fsp3) is 0.500. The van der Waals surface area contributed by atoms with Crippen LogP contribution in [0.2, 0.25) is 0 Å². The van der Waals surface area contributed by atoms with Crippen LogP contribution in [0.3, 0.4) is 0 Å². The van der Waals surface area contributed by atoms with Crippen LogP contribution in [-0.2, 0) is 0 Å². The number of H-pyrrole nitrogens is 1. The number of rotatable bonds is 5. The minimum atomic E-state index is -0.108. The highest BCUT2D eigenvalue weighted by atomic mass is 32.1. The fourth-order valence-corrected chi connectivity index (χ4v) is 7.18. The number of imidazole rings is 1. The van der Waals surface area contributed by atoms with E-state index < -0.39 is 0 Å². The molecule has 3 atom stereocenters. The van der Waals surface area contributed by atoms with E-state index >= 15 is 0 Å². The Balaban J connectivity index is 1.40. The third kappa shape index (κ3) is 3.64. The molecular weight excluding hydrogens is 446 g/mol. The second-order valence-electron chi connectivity index (χ2n) is 9.92. The predicted molar refractivity (Wildman–Crippen MR) is 138 cm³/mol. The summed E-state index contributed by atoms with van der Waals surface area (Å²) < 4.78 is 2.38. The molecule has 2 fully saturated rings. The van der Waals surface area contributed by atoms with Gasteiger partial charge in [0, 0.05) is 31.7 Å². The molecule has 1 aliphatic carbocycles. The standard InChI is InChI=1S/C26H31N5O2S/c1-2-16-4-3-5-19(10-16)31-15-29-20-11-18(6-7-21(20)31)24-23-22(25(33)28-14-27-23)26(34-24)30-9-8-17(12-30)13-32/h6-7,11,14-17,19,32H,2-5,8-10,12-13H2,1H3,(H,27,28,33). The fourth-order valence-electron chi connectivity index (χ4n) is 5.90. The average Bonchev–Trinajstić information content (AvgIpc) is 3.60. The molecule has 0 amide bonds. The van der Waals surface area contributed by atoms with E-state index in [0.29, 0.717) is 11.4 Å². The number of aromatic amines is 1. The molecule has 4 aromatic rings. The van der Waals surface area contributed by atoms with E-state index in [-0.39, 0.29) is 18.1 Å². The zero-order chi connectivity index (χ0) is 23.2. The number of nitrogens with zero attached hydrogens (tertiary/aromatic N) is 4. The molecule has 4 heterocycles. The van der Waals surface area contributed by atoms with E-state index in [1.54, 1.807) is 11.3 Å². The minimum Gasteiger partial charge on any atom is -0.396 e. The molecule has 1 saturated carbocycles. The molecule has 3 unspecified atom stereocenters. The summed E-state index contributed by atoms with van der Waals surface area (Å²) in [6, 6.07) is 7.01. The number of aliphatic hydroxyl groups excluding tert-OH is 1. The van der Waals surface area contributed by atoms with Gasteiger partial charge in [0.15, 0.2) is 0 Å². The lowest BCUT2D eigenvalue weighted by Gasteiger charge is -2.29. The molecule has 0 radical (unpaired) electrons. The monoisotopic (exact) mass is 477 g/mol. The quantitative estimate of drug-likeness (QED) is 0.424.